The zero-order valence-corrected chi connectivity index (χ0v) is 11.5. The smallest absolute Gasteiger partial charge is 0.185 e. The molecule has 0 saturated heterocycles. The van der Waals surface area contributed by atoms with Gasteiger partial charge in [0, 0.05) is 24.7 Å². The molecule has 0 unspecified atom stereocenters. The van der Waals surface area contributed by atoms with Gasteiger partial charge in [-0.3, -0.25) is 9.59 Å². The van der Waals surface area contributed by atoms with Gasteiger partial charge in [-0.1, -0.05) is 23.6 Å². The Balaban J connectivity index is 2.85. The lowest BCUT2D eigenvalue weighted by Crippen LogP contribution is -1.90. The summed E-state index contributed by atoms with van der Waals surface area (Å²) < 4.78 is 4.96. The van der Waals surface area contributed by atoms with Gasteiger partial charge in [-0.05, 0) is 12.1 Å². The molecule has 0 aliphatic rings. The molecular weight excluding hydrogens is 264 g/mol. The van der Waals surface area contributed by atoms with E-state index in [-0.39, 0.29) is 16.6 Å². The summed E-state index contributed by atoms with van der Waals surface area (Å²) in [4.78, 5) is 21.5. The number of phenolic OH excluding ortho intramolecular Hbond substituents is 1. The summed E-state index contributed by atoms with van der Waals surface area (Å²) in [6.07, 6.45) is 1.19. The van der Waals surface area contributed by atoms with Gasteiger partial charge in [0.1, 0.15) is 6.29 Å². The summed E-state index contributed by atoms with van der Waals surface area (Å²) in [6.45, 7) is 1.50. The van der Waals surface area contributed by atoms with Crippen molar-refractivity contribution in [2.75, 3.05) is 12.9 Å². The topological polar surface area (TPSA) is 63.6 Å². The number of benzene rings is 1. The molecule has 0 aliphatic carbocycles. The van der Waals surface area contributed by atoms with Crippen molar-refractivity contribution in [2.45, 2.75) is 13.3 Å². The molecule has 0 aliphatic heterocycles. The maximum atomic E-state index is 10.8. The average Bonchev–Trinajstić information content (AvgIpc) is 2.39. The second kappa shape index (κ2) is 7.49. The Morgan fingerprint density at radius 1 is 1.53 bits per heavy atom. The molecule has 0 saturated carbocycles. The van der Waals surface area contributed by atoms with Crippen molar-refractivity contribution >= 4 is 23.2 Å². The number of ether oxygens (including phenoxy) is 1. The van der Waals surface area contributed by atoms with Gasteiger partial charge in [-0.25, -0.2) is 0 Å². The minimum atomic E-state index is -0.0835. The number of aromatic hydroxyl groups is 1. The highest BCUT2D eigenvalue weighted by Gasteiger charge is 2.08. The monoisotopic (exact) mass is 278 g/mol. The minimum Gasteiger partial charge on any atom is -0.503 e. The summed E-state index contributed by atoms with van der Waals surface area (Å²) in [6, 6.07) is 2.94. The minimum absolute atomic E-state index is 0.0502. The quantitative estimate of drug-likeness (QED) is 0.520. The van der Waals surface area contributed by atoms with Crippen LogP contribution in [0.1, 0.15) is 29.3 Å². The predicted octanol–water partition coefficient (Wildman–Crippen LogP) is 2.23. The van der Waals surface area contributed by atoms with E-state index in [1.165, 1.54) is 37.9 Å². The lowest BCUT2D eigenvalue weighted by Gasteiger charge is -2.05. The summed E-state index contributed by atoms with van der Waals surface area (Å²) in [5.74, 6) is 6.35. The molecule has 5 heteroatoms. The zero-order valence-electron chi connectivity index (χ0n) is 10.7. The van der Waals surface area contributed by atoms with Crippen LogP contribution in [0.25, 0.3) is 0 Å². The number of thioether (sulfide) groups is 1. The van der Waals surface area contributed by atoms with E-state index in [2.05, 4.69) is 11.8 Å². The van der Waals surface area contributed by atoms with Crippen LogP contribution in [0.2, 0.25) is 0 Å². The van der Waals surface area contributed by atoms with E-state index in [0.717, 1.165) is 0 Å². The van der Waals surface area contributed by atoms with E-state index in [0.29, 0.717) is 29.6 Å². The summed E-state index contributed by atoms with van der Waals surface area (Å²) >= 11 is 1.20. The predicted molar refractivity (Wildman–Crippen MR) is 74.7 cm³/mol. The number of phenols is 1. The molecular formula is C14H14O4S. The van der Waals surface area contributed by atoms with Crippen molar-refractivity contribution in [1.29, 1.82) is 0 Å². The molecule has 0 radical (unpaired) electrons. The fourth-order valence-corrected chi connectivity index (χ4v) is 1.84. The van der Waals surface area contributed by atoms with Crippen LogP contribution in [0.15, 0.2) is 12.1 Å². The number of aldehydes is 1. The largest absolute Gasteiger partial charge is 0.503 e. The van der Waals surface area contributed by atoms with Gasteiger partial charge in [0.25, 0.3) is 0 Å². The first-order valence-electron chi connectivity index (χ1n) is 5.57. The van der Waals surface area contributed by atoms with Crippen molar-refractivity contribution in [3.63, 3.8) is 0 Å². The number of rotatable bonds is 4. The Labute approximate surface area is 116 Å². The molecule has 0 fully saturated rings. The zero-order chi connectivity index (χ0) is 14.3. The van der Waals surface area contributed by atoms with E-state index in [4.69, 9.17) is 4.74 Å². The van der Waals surface area contributed by atoms with Crippen LogP contribution in [0.4, 0.5) is 0 Å². The summed E-state index contributed by atoms with van der Waals surface area (Å²) in [5, 5.41) is 9.90. The fraction of sp³-hybridized carbons (Fsp3) is 0.286. The maximum Gasteiger partial charge on any atom is 0.185 e. The van der Waals surface area contributed by atoms with Crippen LogP contribution in [0.5, 0.6) is 11.5 Å². The highest BCUT2D eigenvalue weighted by molar-refractivity contribution is 8.13. The van der Waals surface area contributed by atoms with Crippen molar-refractivity contribution < 1.29 is 19.4 Å². The van der Waals surface area contributed by atoms with Crippen LogP contribution >= 0.6 is 11.8 Å². The van der Waals surface area contributed by atoms with Crippen LogP contribution in [-0.4, -0.2) is 29.4 Å². The fourth-order valence-electron chi connectivity index (χ4n) is 1.35. The van der Waals surface area contributed by atoms with E-state index in [1.54, 1.807) is 0 Å². The highest BCUT2D eigenvalue weighted by Crippen LogP contribution is 2.30. The van der Waals surface area contributed by atoms with Crippen LogP contribution in [0.3, 0.4) is 0 Å². The van der Waals surface area contributed by atoms with E-state index in [1.807, 2.05) is 0 Å². The molecule has 0 atom stereocenters. The maximum absolute atomic E-state index is 10.8. The van der Waals surface area contributed by atoms with Crippen LogP contribution in [0, 0.1) is 11.8 Å². The third-order valence-electron chi connectivity index (χ3n) is 2.21. The number of carbonyl (C=O) groups is 2. The van der Waals surface area contributed by atoms with E-state index in [9.17, 15) is 14.7 Å². The van der Waals surface area contributed by atoms with Gasteiger partial charge in [0.2, 0.25) is 0 Å². The normalized spacial score (nSPS) is 9.37. The highest BCUT2D eigenvalue weighted by atomic mass is 32.2. The first kappa shape index (κ1) is 15.1. The van der Waals surface area contributed by atoms with Gasteiger partial charge in [0.15, 0.2) is 16.6 Å². The molecule has 1 rings (SSSR count). The molecule has 1 N–H and O–H groups in total. The van der Waals surface area contributed by atoms with Gasteiger partial charge >= 0.3 is 0 Å². The first-order valence-corrected chi connectivity index (χ1v) is 6.55. The van der Waals surface area contributed by atoms with Gasteiger partial charge in [-0.2, -0.15) is 0 Å². The van der Waals surface area contributed by atoms with Crippen molar-refractivity contribution in [3.05, 3.63) is 23.3 Å². The molecule has 0 amide bonds. The van der Waals surface area contributed by atoms with Crippen molar-refractivity contribution in [3.8, 4) is 23.3 Å². The summed E-state index contributed by atoms with van der Waals surface area (Å²) in [7, 11) is 1.41. The molecule has 0 spiro atoms. The van der Waals surface area contributed by atoms with Gasteiger partial charge in [0.05, 0.1) is 12.7 Å². The molecule has 0 aromatic heterocycles. The second-order valence-electron chi connectivity index (χ2n) is 3.63. The van der Waals surface area contributed by atoms with E-state index >= 15 is 0 Å². The Morgan fingerprint density at radius 2 is 2.26 bits per heavy atom. The van der Waals surface area contributed by atoms with E-state index < -0.39 is 0 Å². The Bertz CT molecular complexity index is 540. The summed E-state index contributed by atoms with van der Waals surface area (Å²) in [5.41, 5.74) is 0.728. The third kappa shape index (κ3) is 4.68. The Morgan fingerprint density at radius 3 is 2.84 bits per heavy atom. The Hall–Kier alpha value is -1.93. The Kier molecular flexibility index (Phi) is 5.97. The first-order chi connectivity index (χ1) is 9.08. The third-order valence-corrected chi connectivity index (χ3v) is 3.02. The van der Waals surface area contributed by atoms with Gasteiger partial charge in [-0.15, -0.1) is 0 Å². The van der Waals surface area contributed by atoms with Crippen molar-refractivity contribution in [1.82, 2.24) is 0 Å². The molecule has 1 aromatic rings. The van der Waals surface area contributed by atoms with Crippen LogP contribution < -0.4 is 4.74 Å². The number of carbonyl (C=O) groups excluding carboxylic acids is 2. The average molecular weight is 278 g/mol. The molecule has 0 bridgehead atoms. The standard InChI is InChI=1S/C14H14O4S/c1-10(16)19-6-4-3-5-12-7-11(9-15)8-13(18-2)14(12)17/h7-9,17H,4,6H2,1-2H3. The number of hydrogen-bond acceptors (Lipinski definition) is 5. The molecule has 0 heterocycles. The van der Waals surface area contributed by atoms with Crippen LogP contribution in [-0.2, 0) is 4.79 Å². The molecule has 1 aromatic carbocycles. The molecule has 100 valence electrons. The second-order valence-corrected chi connectivity index (χ2v) is 4.90. The SMILES string of the molecule is COc1cc(C=O)cc(C#CCCSC(C)=O)c1O. The number of hydrogen-bond donors (Lipinski definition) is 1. The van der Waals surface area contributed by atoms with Gasteiger partial charge < -0.3 is 9.84 Å². The number of methoxy groups -OCH3 is 1. The molecule has 4 nitrogen and oxygen atoms in total. The molecule has 19 heavy (non-hydrogen) atoms. The lowest BCUT2D eigenvalue weighted by molar-refractivity contribution is -0.109. The van der Waals surface area contributed by atoms with Crippen molar-refractivity contribution in [2.24, 2.45) is 0 Å². The lowest BCUT2D eigenvalue weighted by atomic mass is 10.1.